The van der Waals surface area contributed by atoms with Crippen LogP contribution in [0.25, 0.3) is 0 Å². The third kappa shape index (κ3) is 3.06. The molecule has 0 atom stereocenters. The van der Waals surface area contributed by atoms with Crippen LogP contribution in [-0.4, -0.2) is 11.7 Å². The number of aliphatic hydroxyl groups excluding tert-OH is 1. The summed E-state index contributed by atoms with van der Waals surface area (Å²) in [6.45, 7) is 1.91. The SMILES string of the molecule is Cl.OCc1cccc(NCc2cccc3c2NCC3)c1. The number of fused-ring (bicyclic) bond motifs is 1. The molecular formula is C16H19ClN2O. The minimum Gasteiger partial charge on any atom is -0.392 e. The fraction of sp³-hybridized carbons (Fsp3) is 0.250. The Bertz CT molecular complexity index is 586. The average molecular weight is 291 g/mol. The standard InChI is InChI=1S/C16H18N2O.ClH/c19-11-12-3-1-6-15(9-12)18-10-14-5-2-4-13-7-8-17-16(13)14;/h1-6,9,17-19H,7-8,10-11H2;1H. The second kappa shape index (κ2) is 6.64. The molecule has 4 heteroatoms. The zero-order valence-electron chi connectivity index (χ0n) is 11.2. The molecule has 0 fully saturated rings. The van der Waals surface area contributed by atoms with Crippen molar-refractivity contribution >= 4 is 23.8 Å². The van der Waals surface area contributed by atoms with Gasteiger partial charge in [-0.1, -0.05) is 30.3 Å². The normalized spacial score (nSPS) is 12.2. The maximum Gasteiger partial charge on any atom is 0.0682 e. The Hall–Kier alpha value is -1.71. The number of halogens is 1. The monoisotopic (exact) mass is 290 g/mol. The fourth-order valence-corrected chi connectivity index (χ4v) is 2.54. The molecule has 0 aromatic heterocycles. The summed E-state index contributed by atoms with van der Waals surface area (Å²) in [5, 5.41) is 16.0. The first kappa shape index (κ1) is 14.7. The van der Waals surface area contributed by atoms with Crippen LogP contribution < -0.4 is 10.6 Å². The molecule has 0 bridgehead atoms. The number of benzene rings is 2. The predicted octanol–water partition coefficient (Wildman–Crippen LogP) is 3.18. The van der Waals surface area contributed by atoms with Crippen LogP contribution in [0.1, 0.15) is 16.7 Å². The Morgan fingerprint density at radius 2 is 2.00 bits per heavy atom. The molecular weight excluding hydrogens is 272 g/mol. The van der Waals surface area contributed by atoms with Crippen molar-refractivity contribution in [1.29, 1.82) is 0 Å². The first-order valence-electron chi connectivity index (χ1n) is 6.65. The van der Waals surface area contributed by atoms with Gasteiger partial charge in [0.05, 0.1) is 6.61 Å². The molecule has 1 aliphatic heterocycles. The summed E-state index contributed by atoms with van der Waals surface area (Å²) in [6, 6.07) is 14.3. The number of rotatable bonds is 4. The summed E-state index contributed by atoms with van der Waals surface area (Å²) in [6.07, 6.45) is 1.11. The van der Waals surface area contributed by atoms with Gasteiger partial charge in [-0.3, -0.25) is 0 Å². The number of hydrogen-bond acceptors (Lipinski definition) is 3. The molecule has 0 saturated carbocycles. The van der Waals surface area contributed by atoms with Gasteiger partial charge in [-0.15, -0.1) is 12.4 Å². The summed E-state index contributed by atoms with van der Waals surface area (Å²) >= 11 is 0. The van der Waals surface area contributed by atoms with Crippen molar-refractivity contribution in [2.24, 2.45) is 0 Å². The molecule has 0 saturated heterocycles. The Morgan fingerprint density at radius 3 is 2.85 bits per heavy atom. The third-order valence-electron chi connectivity index (χ3n) is 3.53. The van der Waals surface area contributed by atoms with Gasteiger partial charge in [0.1, 0.15) is 0 Å². The van der Waals surface area contributed by atoms with Gasteiger partial charge in [0, 0.05) is 24.5 Å². The van der Waals surface area contributed by atoms with Gasteiger partial charge in [-0.05, 0) is 35.2 Å². The average Bonchev–Trinajstić information content (AvgIpc) is 2.94. The molecule has 3 N–H and O–H groups in total. The molecule has 106 valence electrons. The Balaban J connectivity index is 0.00000147. The van der Waals surface area contributed by atoms with E-state index in [-0.39, 0.29) is 19.0 Å². The highest BCUT2D eigenvalue weighted by Crippen LogP contribution is 2.27. The highest BCUT2D eigenvalue weighted by atomic mass is 35.5. The van der Waals surface area contributed by atoms with Gasteiger partial charge in [-0.25, -0.2) is 0 Å². The summed E-state index contributed by atoms with van der Waals surface area (Å²) in [7, 11) is 0. The zero-order valence-corrected chi connectivity index (χ0v) is 12.0. The Kier molecular flexibility index (Phi) is 4.88. The van der Waals surface area contributed by atoms with Gasteiger partial charge in [0.15, 0.2) is 0 Å². The van der Waals surface area contributed by atoms with Crippen molar-refractivity contribution in [2.45, 2.75) is 19.6 Å². The summed E-state index contributed by atoms with van der Waals surface area (Å²) in [5.41, 5.74) is 5.96. The summed E-state index contributed by atoms with van der Waals surface area (Å²) in [4.78, 5) is 0. The molecule has 1 aliphatic rings. The third-order valence-corrected chi connectivity index (χ3v) is 3.53. The van der Waals surface area contributed by atoms with Crippen LogP contribution in [0.5, 0.6) is 0 Å². The van der Waals surface area contributed by atoms with Crippen LogP contribution in [0.4, 0.5) is 11.4 Å². The van der Waals surface area contributed by atoms with Crippen molar-refractivity contribution in [2.75, 3.05) is 17.2 Å². The molecule has 3 nitrogen and oxygen atoms in total. The van der Waals surface area contributed by atoms with E-state index in [1.807, 2.05) is 24.3 Å². The number of aliphatic hydroxyl groups is 1. The van der Waals surface area contributed by atoms with E-state index in [1.54, 1.807) is 0 Å². The predicted molar refractivity (Wildman–Crippen MR) is 85.6 cm³/mol. The number of hydrogen-bond donors (Lipinski definition) is 3. The molecule has 0 unspecified atom stereocenters. The van der Waals surface area contributed by atoms with E-state index in [0.717, 1.165) is 30.8 Å². The van der Waals surface area contributed by atoms with Crippen LogP contribution in [0.15, 0.2) is 42.5 Å². The summed E-state index contributed by atoms with van der Waals surface area (Å²) in [5.74, 6) is 0. The van der Waals surface area contributed by atoms with Crippen molar-refractivity contribution in [3.05, 3.63) is 59.2 Å². The number of para-hydroxylation sites is 1. The molecule has 0 amide bonds. The van der Waals surface area contributed by atoms with E-state index in [9.17, 15) is 0 Å². The lowest BCUT2D eigenvalue weighted by atomic mass is 10.1. The second-order valence-electron chi connectivity index (χ2n) is 4.84. The number of nitrogens with one attached hydrogen (secondary N) is 2. The van der Waals surface area contributed by atoms with Gasteiger partial charge in [-0.2, -0.15) is 0 Å². The van der Waals surface area contributed by atoms with Crippen molar-refractivity contribution in [3.8, 4) is 0 Å². The zero-order chi connectivity index (χ0) is 13.1. The van der Waals surface area contributed by atoms with Crippen LogP contribution in [0.2, 0.25) is 0 Å². The van der Waals surface area contributed by atoms with Crippen molar-refractivity contribution in [1.82, 2.24) is 0 Å². The van der Waals surface area contributed by atoms with Crippen LogP contribution >= 0.6 is 12.4 Å². The molecule has 0 spiro atoms. The van der Waals surface area contributed by atoms with Gasteiger partial charge < -0.3 is 15.7 Å². The molecule has 2 aromatic rings. The topological polar surface area (TPSA) is 44.3 Å². The van der Waals surface area contributed by atoms with E-state index in [2.05, 4.69) is 28.8 Å². The van der Waals surface area contributed by atoms with E-state index in [0.29, 0.717) is 0 Å². The first-order valence-corrected chi connectivity index (χ1v) is 6.65. The van der Waals surface area contributed by atoms with Gasteiger partial charge in [0.2, 0.25) is 0 Å². The lowest BCUT2D eigenvalue weighted by Crippen LogP contribution is -2.03. The largest absolute Gasteiger partial charge is 0.392 e. The molecule has 0 radical (unpaired) electrons. The smallest absolute Gasteiger partial charge is 0.0682 e. The van der Waals surface area contributed by atoms with Gasteiger partial charge >= 0.3 is 0 Å². The van der Waals surface area contributed by atoms with Crippen molar-refractivity contribution in [3.63, 3.8) is 0 Å². The van der Waals surface area contributed by atoms with Gasteiger partial charge in [0.25, 0.3) is 0 Å². The van der Waals surface area contributed by atoms with Crippen LogP contribution in [-0.2, 0) is 19.6 Å². The van der Waals surface area contributed by atoms with E-state index >= 15 is 0 Å². The maximum absolute atomic E-state index is 9.14. The van der Waals surface area contributed by atoms with Crippen LogP contribution in [0, 0.1) is 0 Å². The fourth-order valence-electron chi connectivity index (χ4n) is 2.54. The molecule has 3 rings (SSSR count). The minimum atomic E-state index is 0. The minimum absolute atomic E-state index is 0. The Labute approximate surface area is 125 Å². The molecule has 2 aromatic carbocycles. The summed E-state index contributed by atoms with van der Waals surface area (Å²) < 4.78 is 0. The lowest BCUT2D eigenvalue weighted by molar-refractivity contribution is 0.282. The van der Waals surface area contributed by atoms with E-state index in [4.69, 9.17) is 5.11 Å². The quantitative estimate of drug-likeness (QED) is 0.810. The first-order chi connectivity index (χ1) is 9.36. The van der Waals surface area contributed by atoms with Crippen LogP contribution in [0.3, 0.4) is 0 Å². The molecule has 1 heterocycles. The van der Waals surface area contributed by atoms with E-state index < -0.39 is 0 Å². The highest BCUT2D eigenvalue weighted by molar-refractivity contribution is 5.85. The second-order valence-corrected chi connectivity index (χ2v) is 4.84. The molecule has 20 heavy (non-hydrogen) atoms. The number of anilines is 2. The highest BCUT2D eigenvalue weighted by Gasteiger charge is 2.12. The maximum atomic E-state index is 9.14. The Morgan fingerprint density at radius 1 is 1.15 bits per heavy atom. The lowest BCUT2D eigenvalue weighted by Gasteiger charge is -2.11. The molecule has 0 aliphatic carbocycles. The van der Waals surface area contributed by atoms with E-state index in [1.165, 1.54) is 16.8 Å². The van der Waals surface area contributed by atoms with Crippen molar-refractivity contribution < 1.29 is 5.11 Å².